The highest BCUT2D eigenvalue weighted by Gasteiger charge is 2.41. The summed E-state index contributed by atoms with van der Waals surface area (Å²) in [6, 6.07) is 10.2. The summed E-state index contributed by atoms with van der Waals surface area (Å²) in [6.07, 6.45) is 0.851. The molecule has 1 fully saturated rings. The van der Waals surface area contributed by atoms with E-state index in [1.165, 1.54) is 6.07 Å². The van der Waals surface area contributed by atoms with Gasteiger partial charge in [0.05, 0.1) is 22.0 Å². The third-order valence-corrected chi connectivity index (χ3v) is 7.17. The van der Waals surface area contributed by atoms with Crippen molar-refractivity contribution in [3.63, 3.8) is 0 Å². The molecule has 2 heterocycles. The van der Waals surface area contributed by atoms with Crippen LogP contribution in [-0.2, 0) is 22.0 Å². The van der Waals surface area contributed by atoms with Gasteiger partial charge in [-0.05, 0) is 55.5 Å². The minimum atomic E-state index is -0.949. The van der Waals surface area contributed by atoms with E-state index in [4.69, 9.17) is 16.3 Å². The van der Waals surface area contributed by atoms with Crippen LogP contribution in [0.15, 0.2) is 36.4 Å². The number of benzene rings is 2. The Morgan fingerprint density at radius 3 is 2.45 bits per heavy atom. The highest BCUT2D eigenvalue weighted by molar-refractivity contribution is 6.32. The Morgan fingerprint density at radius 1 is 1.21 bits per heavy atom. The van der Waals surface area contributed by atoms with Gasteiger partial charge in [0, 0.05) is 25.6 Å². The van der Waals surface area contributed by atoms with Crippen LogP contribution in [0.5, 0.6) is 0 Å². The summed E-state index contributed by atoms with van der Waals surface area (Å²) in [5.41, 5.74) is 2.14. The average Bonchev–Trinajstić information content (AvgIpc) is 3.14. The van der Waals surface area contributed by atoms with Crippen LogP contribution in [0, 0.1) is 12.7 Å². The molecule has 1 saturated heterocycles. The highest BCUT2D eigenvalue weighted by atomic mass is 35.5. The van der Waals surface area contributed by atoms with Gasteiger partial charge >= 0.3 is 5.97 Å². The van der Waals surface area contributed by atoms with Crippen molar-refractivity contribution in [3.05, 3.63) is 69.6 Å². The number of ether oxygens (including phenoxy) is 1. The Morgan fingerprint density at radius 2 is 1.85 bits per heavy atom. The number of hydrogen-bond donors (Lipinski definition) is 2. The molecule has 0 unspecified atom stereocenters. The summed E-state index contributed by atoms with van der Waals surface area (Å²) in [5.74, 6) is -1.73. The van der Waals surface area contributed by atoms with E-state index in [9.17, 15) is 19.1 Å². The van der Waals surface area contributed by atoms with Crippen molar-refractivity contribution in [2.45, 2.75) is 38.1 Å². The first kappa shape index (κ1) is 23.3. The third-order valence-electron chi connectivity index (χ3n) is 6.71. The molecular formula is C25H26ClFN2O4. The number of aryl methyl sites for hydroxylation is 2. The number of nitrogens with one attached hydrogen (secondary N) is 1. The van der Waals surface area contributed by atoms with Crippen molar-refractivity contribution in [2.24, 2.45) is 7.05 Å². The first-order chi connectivity index (χ1) is 15.7. The zero-order valence-electron chi connectivity index (χ0n) is 18.7. The van der Waals surface area contributed by atoms with E-state index in [0.717, 1.165) is 11.1 Å². The van der Waals surface area contributed by atoms with E-state index in [1.807, 2.05) is 31.2 Å². The Bertz CT molecular complexity index is 1230. The van der Waals surface area contributed by atoms with E-state index in [0.29, 0.717) is 48.2 Å². The molecule has 1 aliphatic rings. The Labute approximate surface area is 196 Å². The van der Waals surface area contributed by atoms with Gasteiger partial charge in [0.25, 0.3) is 5.91 Å². The summed E-state index contributed by atoms with van der Waals surface area (Å²) < 4.78 is 21.6. The SMILES string of the molecule is Cc1cc2c(cc(C(=O)N[C@H](C)c3ccc(C4(C(=O)O)CCOCC4)cc3)n2C)c(F)c1Cl. The second kappa shape index (κ2) is 8.80. The van der Waals surface area contributed by atoms with E-state index >= 15 is 0 Å². The number of carboxylic acid groups (broad SMARTS) is 1. The van der Waals surface area contributed by atoms with E-state index < -0.39 is 17.2 Å². The number of carboxylic acids is 1. The molecular weight excluding hydrogens is 447 g/mol. The van der Waals surface area contributed by atoms with Crippen LogP contribution < -0.4 is 5.32 Å². The number of carbonyl (C=O) groups is 2. The van der Waals surface area contributed by atoms with Crippen LogP contribution in [0.2, 0.25) is 5.02 Å². The molecule has 0 saturated carbocycles. The van der Waals surface area contributed by atoms with Crippen LogP contribution in [0.25, 0.3) is 10.9 Å². The number of aliphatic carboxylic acids is 1. The van der Waals surface area contributed by atoms with Crippen LogP contribution in [0.1, 0.15) is 53.0 Å². The predicted octanol–water partition coefficient (Wildman–Crippen LogP) is 4.90. The fourth-order valence-electron chi connectivity index (χ4n) is 4.54. The van der Waals surface area contributed by atoms with Crippen LogP contribution in [0.4, 0.5) is 4.39 Å². The molecule has 1 atom stereocenters. The number of hydrogen-bond acceptors (Lipinski definition) is 3. The van der Waals surface area contributed by atoms with Gasteiger partial charge in [0.1, 0.15) is 5.69 Å². The fraction of sp³-hybridized carbons (Fsp3) is 0.360. The molecule has 1 amide bonds. The van der Waals surface area contributed by atoms with Crippen molar-refractivity contribution in [3.8, 4) is 0 Å². The molecule has 33 heavy (non-hydrogen) atoms. The molecule has 2 aromatic carbocycles. The maximum atomic E-state index is 14.6. The number of fused-ring (bicyclic) bond motifs is 1. The number of carbonyl (C=O) groups excluding carboxylic acids is 1. The van der Waals surface area contributed by atoms with Gasteiger partial charge < -0.3 is 19.7 Å². The van der Waals surface area contributed by atoms with Gasteiger partial charge in [0.2, 0.25) is 0 Å². The van der Waals surface area contributed by atoms with Gasteiger partial charge in [-0.25, -0.2) is 4.39 Å². The molecule has 3 aromatic rings. The minimum Gasteiger partial charge on any atom is -0.481 e. The van der Waals surface area contributed by atoms with Crippen molar-refractivity contribution < 1.29 is 23.8 Å². The molecule has 174 valence electrons. The van der Waals surface area contributed by atoms with E-state index in [-0.39, 0.29) is 17.0 Å². The highest BCUT2D eigenvalue weighted by Crippen LogP contribution is 2.36. The van der Waals surface area contributed by atoms with Crippen molar-refractivity contribution in [1.29, 1.82) is 0 Å². The Hall–Kier alpha value is -2.90. The number of aromatic nitrogens is 1. The average molecular weight is 473 g/mol. The zero-order valence-corrected chi connectivity index (χ0v) is 19.5. The lowest BCUT2D eigenvalue weighted by Gasteiger charge is -2.33. The number of rotatable bonds is 5. The maximum absolute atomic E-state index is 14.6. The minimum absolute atomic E-state index is 0.0529. The summed E-state index contributed by atoms with van der Waals surface area (Å²) in [5, 5.41) is 13.1. The molecule has 0 spiro atoms. The summed E-state index contributed by atoms with van der Waals surface area (Å²) >= 11 is 6.03. The largest absolute Gasteiger partial charge is 0.481 e. The quantitative estimate of drug-likeness (QED) is 0.553. The van der Waals surface area contributed by atoms with E-state index in [2.05, 4.69) is 5.32 Å². The lowest BCUT2D eigenvalue weighted by Crippen LogP contribution is -2.41. The number of halogens is 2. The summed E-state index contributed by atoms with van der Waals surface area (Å²) in [6.45, 7) is 4.39. The second-order valence-electron chi connectivity index (χ2n) is 8.66. The van der Waals surface area contributed by atoms with Crippen LogP contribution >= 0.6 is 11.6 Å². The Balaban J connectivity index is 1.56. The van der Waals surface area contributed by atoms with Gasteiger partial charge in [0.15, 0.2) is 5.82 Å². The van der Waals surface area contributed by atoms with Crippen molar-refractivity contribution in [1.82, 2.24) is 9.88 Å². The fourth-order valence-corrected chi connectivity index (χ4v) is 4.69. The smallest absolute Gasteiger partial charge is 0.314 e. The second-order valence-corrected chi connectivity index (χ2v) is 9.04. The topological polar surface area (TPSA) is 80.6 Å². The van der Waals surface area contributed by atoms with Gasteiger partial charge in [-0.15, -0.1) is 0 Å². The lowest BCUT2D eigenvalue weighted by atomic mass is 9.74. The van der Waals surface area contributed by atoms with Gasteiger partial charge in [-0.1, -0.05) is 35.9 Å². The van der Waals surface area contributed by atoms with Crippen LogP contribution in [-0.4, -0.2) is 34.8 Å². The van der Waals surface area contributed by atoms with Gasteiger partial charge in [-0.2, -0.15) is 0 Å². The van der Waals surface area contributed by atoms with Gasteiger partial charge in [-0.3, -0.25) is 9.59 Å². The van der Waals surface area contributed by atoms with E-state index in [1.54, 1.807) is 24.6 Å². The van der Waals surface area contributed by atoms with Crippen molar-refractivity contribution >= 4 is 34.4 Å². The molecule has 0 aliphatic carbocycles. The van der Waals surface area contributed by atoms with Crippen molar-refractivity contribution in [2.75, 3.05) is 13.2 Å². The monoisotopic (exact) mass is 472 g/mol. The lowest BCUT2D eigenvalue weighted by molar-refractivity contribution is -0.147. The molecule has 1 aliphatic heterocycles. The summed E-state index contributed by atoms with van der Waals surface area (Å²) in [7, 11) is 1.71. The third kappa shape index (κ3) is 4.00. The standard InChI is InChI=1S/C25H26ClFN2O4/c1-14-12-19-18(22(27)21(14)26)13-20(29(19)3)23(30)28-15(2)16-4-6-17(7-5-16)25(24(31)32)8-10-33-11-9-25/h4-7,12-13,15H,8-11H2,1-3H3,(H,28,30)(H,31,32)/t15-/m1/s1. The molecule has 1 aromatic heterocycles. The number of nitrogens with zero attached hydrogens (tertiary/aromatic N) is 1. The Kier molecular flexibility index (Phi) is 6.20. The zero-order chi connectivity index (χ0) is 23.9. The molecule has 0 radical (unpaired) electrons. The molecule has 4 rings (SSSR count). The molecule has 0 bridgehead atoms. The van der Waals surface area contributed by atoms with Crippen LogP contribution in [0.3, 0.4) is 0 Å². The molecule has 8 heteroatoms. The summed E-state index contributed by atoms with van der Waals surface area (Å²) in [4.78, 5) is 25.0. The molecule has 6 nitrogen and oxygen atoms in total. The predicted molar refractivity (Wildman–Crippen MR) is 124 cm³/mol. The maximum Gasteiger partial charge on any atom is 0.314 e. The normalized spacial score (nSPS) is 16.5. The first-order valence-corrected chi connectivity index (χ1v) is 11.2. The first-order valence-electron chi connectivity index (χ1n) is 10.8. The number of amides is 1. The molecule has 2 N–H and O–H groups in total.